The minimum Gasteiger partial charge on any atom is -0.297 e. The van der Waals surface area contributed by atoms with Crippen LogP contribution >= 0.6 is 34.4 Å². The van der Waals surface area contributed by atoms with Crippen LogP contribution in [0.5, 0.6) is 0 Å². The molecule has 2 aromatic heterocycles. The van der Waals surface area contributed by atoms with E-state index in [0.29, 0.717) is 15.0 Å². The second kappa shape index (κ2) is 8.70. The second-order valence-corrected chi connectivity index (χ2v) is 7.97. The fraction of sp³-hybridized carbons (Fsp3) is 0.0588. The van der Waals surface area contributed by atoms with Crippen LogP contribution in [0.4, 0.5) is 5.13 Å². The minimum atomic E-state index is -0.263. The van der Waals surface area contributed by atoms with Crippen molar-refractivity contribution in [2.24, 2.45) is 0 Å². The lowest BCUT2D eigenvalue weighted by Gasteiger charge is -1.98. The summed E-state index contributed by atoms with van der Waals surface area (Å²) in [5, 5.41) is 12.9. The Balaban J connectivity index is 1.50. The molecule has 0 atom stereocenters. The first-order valence-electron chi connectivity index (χ1n) is 7.28. The zero-order valence-electron chi connectivity index (χ0n) is 12.9. The number of Topliss-reactive ketones (excluding diaryl/α,β-unsaturated/α-hetero) is 1. The average molecular weight is 388 g/mol. The Morgan fingerprint density at radius 3 is 2.72 bits per heavy atom. The predicted octanol–water partition coefficient (Wildman–Crippen LogP) is 4.23. The summed E-state index contributed by atoms with van der Waals surface area (Å²) in [7, 11) is 0. The van der Waals surface area contributed by atoms with E-state index in [4.69, 9.17) is 0 Å². The van der Waals surface area contributed by atoms with Crippen molar-refractivity contribution >= 4 is 57.3 Å². The number of anilines is 1. The highest BCUT2D eigenvalue weighted by molar-refractivity contribution is 8.01. The summed E-state index contributed by atoms with van der Waals surface area (Å²) in [6.45, 7) is 0. The molecule has 0 saturated heterocycles. The molecule has 0 aliphatic rings. The van der Waals surface area contributed by atoms with Crippen molar-refractivity contribution in [2.45, 2.75) is 4.34 Å². The lowest BCUT2D eigenvalue weighted by molar-refractivity contribution is -0.111. The van der Waals surface area contributed by atoms with Gasteiger partial charge in [0, 0.05) is 16.5 Å². The molecule has 1 amide bonds. The number of hydrogen-bond donors (Lipinski definition) is 1. The zero-order chi connectivity index (χ0) is 17.5. The van der Waals surface area contributed by atoms with E-state index >= 15 is 0 Å². The Hall–Kier alpha value is -2.29. The maximum Gasteiger partial charge on any atom is 0.250 e. The Kier molecular flexibility index (Phi) is 6.10. The Bertz CT molecular complexity index is 874. The summed E-state index contributed by atoms with van der Waals surface area (Å²) >= 11 is 4.11. The number of nitrogens with one attached hydrogen (secondary N) is 1. The van der Waals surface area contributed by atoms with Crippen molar-refractivity contribution in [3.8, 4) is 0 Å². The molecule has 2 heterocycles. The molecular weight excluding hydrogens is 374 g/mol. The van der Waals surface area contributed by atoms with Crippen molar-refractivity contribution in [3.63, 3.8) is 0 Å². The van der Waals surface area contributed by atoms with Gasteiger partial charge in [0.2, 0.25) is 11.0 Å². The van der Waals surface area contributed by atoms with Gasteiger partial charge in [0.15, 0.2) is 10.1 Å². The summed E-state index contributed by atoms with van der Waals surface area (Å²) < 4.78 is 0.641. The van der Waals surface area contributed by atoms with Crippen molar-refractivity contribution in [2.75, 3.05) is 11.1 Å². The molecule has 0 fully saturated rings. The molecular formula is C17H13N3O2S3. The number of benzene rings is 1. The normalized spacial score (nSPS) is 10.9. The molecule has 0 aliphatic carbocycles. The minimum absolute atomic E-state index is 0.0327. The first-order valence-corrected chi connectivity index (χ1v) is 9.96. The van der Waals surface area contributed by atoms with Crippen LogP contribution in [-0.2, 0) is 4.79 Å². The van der Waals surface area contributed by atoms with E-state index in [1.54, 1.807) is 29.5 Å². The lowest BCUT2D eigenvalue weighted by atomic mass is 10.2. The number of thioether (sulfide) groups is 1. The van der Waals surface area contributed by atoms with Crippen LogP contribution in [0.3, 0.4) is 0 Å². The Morgan fingerprint density at radius 1 is 1.12 bits per heavy atom. The topological polar surface area (TPSA) is 72.0 Å². The van der Waals surface area contributed by atoms with Gasteiger partial charge in [0.05, 0.1) is 5.75 Å². The molecule has 3 aromatic rings. The van der Waals surface area contributed by atoms with Crippen LogP contribution in [0, 0.1) is 0 Å². The number of hydrogen-bond acceptors (Lipinski definition) is 7. The molecule has 3 rings (SSSR count). The van der Waals surface area contributed by atoms with Crippen LogP contribution in [0.2, 0.25) is 0 Å². The maximum absolute atomic E-state index is 12.1. The van der Waals surface area contributed by atoms with E-state index in [1.807, 2.05) is 35.7 Å². The molecule has 25 heavy (non-hydrogen) atoms. The largest absolute Gasteiger partial charge is 0.297 e. The van der Waals surface area contributed by atoms with Gasteiger partial charge in [-0.15, -0.1) is 21.5 Å². The van der Waals surface area contributed by atoms with Gasteiger partial charge in [-0.25, -0.2) is 0 Å². The molecule has 1 N–H and O–H groups in total. The van der Waals surface area contributed by atoms with E-state index in [9.17, 15) is 9.59 Å². The third kappa shape index (κ3) is 5.35. The van der Waals surface area contributed by atoms with Crippen LogP contribution in [0.1, 0.15) is 15.2 Å². The first kappa shape index (κ1) is 17.5. The van der Waals surface area contributed by atoms with E-state index in [1.165, 1.54) is 29.2 Å². The van der Waals surface area contributed by atoms with Crippen LogP contribution in [0.15, 0.2) is 58.3 Å². The van der Waals surface area contributed by atoms with Crippen LogP contribution in [0.25, 0.3) is 6.08 Å². The molecule has 0 unspecified atom stereocenters. The third-order valence-corrected chi connectivity index (χ3v) is 5.81. The number of amides is 1. The summed E-state index contributed by atoms with van der Waals surface area (Å²) in [6.07, 6.45) is 3.20. The molecule has 0 aliphatic heterocycles. The van der Waals surface area contributed by atoms with Gasteiger partial charge in [0.25, 0.3) is 0 Å². The Morgan fingerprint density at radius 2 is 1.96 bits per heavy atom. The van der Waals surface area contributed by atoms with Gasteiger partial charge in [0.1, 0.15) is 0 Å². The first-order chi connectivity index (χ1) is 12.2. The Labute approximate surface area is 156 Å². The summed E-state index contributed by atoms with van der Waals surface area (Å²) in [4.78, 5) is 24.9. The quantitative estimate of drug-likeness (QED) is 0.284. The second-order valence-electron chi connectivity index (χ2n) is 4.79. The van der Waals surface area contributed by atoms with Gasteiger partial charge in [-0.2, -0.15) is 0 Å². The number of aromatic nitrogens is 2. The van der Waals surface area contributed by atoms with Gasteiger partial charge in [-0.3, -0.25) is 14.9 Å². The van der Waals surface area contributed by atoms with E-state index in [-0.39, 0.29) is 17.4 Å². The number of carbonyl (C=O) groups is 2. The highest BCUT2D eigenvalue weighted by Gasteiger charge is 2.10. The summed E-state index contributed by atoms with van der Waals surface area (Å²) in [6, 6.07) is 13.0. The fourth-order valence-electron chi connectivity index (χ4n) is 1.84. The fourth-order valence-corrected chi connectivity index (χ4v) is 4.11. The number of ketones is 1. The molecule has 8 heteroatoms. The predicted molar refractivity (Wildman–Crippen MR) is 103 cm³/mol. The van der Waals surface area contributed by atoms with Crippen molar-refractivity contribution < 1.29 is 9.59 Å². The monoisotopic (exact) mass is 387 g/mol. The zero-order valence-corrected chi connectivity index (χ0v) is 15.4. The smallest absolute Gasteiger partial charge is 0.250 e. The number of nitrogens with zero attached hydrogens (tertiary/aromatic N) is 2. The van der Waals surface area contributed by atoms with Gasteiger partial charge in [-0.1, -0.05) is 59.5 Å². The molecule has 0 radical (unpaired) electrons. The van der Waals surface area contributed by atoms with Crippen molar-refractivity contribution in [1.82, 2.24) is 10.2 Å². The molecule has 0 saturated carbocycles. The number of thiophene rings is 1. The van der Waals surface area contributed by atoms with E-state index < -0.39 is 0 Å². The molecule has 0 spiro atoms. The van der Waals surface area contributed by atoms with Crippen LogP contribution < -0.4 is 5.32 Å². The molecule has 126 valence electrons. The highest BCUT2D eigenvalue weighted by atomic mass is 32.2. The maximum atomic E-state index is 12.1. The van der Waals surface area contributed by atoms with Gasteiger partial charge >= 0.3 is 0 Å². The standard InChI is InChI=1S/C17H13N3O2S3/c21-14(12-5-2-1-3-6-12)11-24-17-20-19-16(25-17)18-15(22)9-8-13-7-4-10-23-13/h1-10H,11H2,(H,18,19,22). The van der Waals surface area contributed by atoms with Gasteiger partial charge in [-0.05, 0) is 17.5 Å². The van der Waals surface area contributed by atoms with E-state index in [2.05, 4.69) is 15.5 Å². The number of carbonyl (C=O) groups excluding carboxylic acids is 2. The van der Waals surface area contributed by atoms with Crippen molar-refractivity contribution in [1.29, 1.82) is 0 Å². The SMILES string of the molecule is O=C(C=Cc1cccs1)Nc1nnc(SCC(=O)c2ccccc2)s1. The van der Waals surface area contributed by atoms with Gasteiger partial charge < -0.3 is 0 Å². The molecule has 1 aromatic carbocycles. The highest BCUT2D eigenvalue weighted by Crippen LogP contribution is 2.26. The van der Waals surface area contributed by atoms with E-state index in [0.717, 1.165) is 4.88 Å². The van der Waals surface area contributed by atoms with Crippen molar-refractivity contribution in [3.05, 3.63) is 64.4 Å². The number of rotatable bonds is 7. The summed E-state index contributed by atoms with van der Waals surface area (Å²) in [5.74, 6) is 0.0527. The average Bonchev–Trinajstić information content (AvgIpc) is 3.30. The summed E-state index contributed by atoms with van der Waals surface area (Å²) in [5.41, 5.74) is 0.673. The third-order valence-electron chi connectivity index (χ3n) is 3.00. The van der Waals surface area contributed by atoms with Crippen LogP contribution in [-0.4, -0.2) is 27.6 Å². The molecule has 5 nitrogen and oxygen atoms in total. The lowest BCUT2D eigenvalue weighted by Crippen LogP contribution is -2.07. The molecule has 0 bridgehead atoms.